The Morgan fingerprint density at radius 1 is 1.23 bits per heavy atom. The van der Waals surface area contributed by atoms with Crippen molar-refractivity contribution in [1.82, 2.24) is 9.78 Å². The van der Waals surface area contributed by atoms with Crippen LogP contribution in [0.5, 0.6) is 17.2 Å². The van der Waals surface area contributed by atoms with Crippen molar-refractivity contribution in [3.05, 3.63) is 59.8 Å². The molecule has 1 N–H and O–H groups in total. The number of carbonyl (C=O) groups excluding carboxylic acids is 1. The van der Waals surface area contributed by atoms with E-state index in [1.54, 1.807) is 48.3 Å². The molecule has 8 nitrogen and oxygen atoms in total. The van der Waals surface area contributed by atoms with Crippen LogP contribution in [-0.4, -0.2) is 36.0 Å². The zero-order valence-corrected chi connectivity index (χ0v) is 18.5. The molecule has 9 heteroatoms. The summed E-state index contributed by atoms with van der Waals surface area (Å²) in [7, 11) is -1.62. The smallest absolute Gasteiger partial charge is 0.257 e. The second-order valence-corrected chi connectivity index (χ2v) is 10.2. The van der Waals surface area contributed by atoms with Gasteiger partial charge in [0.15, 0.2) is 15.7 Å². The summed E-state index contributed by atoms with van der Waals surface area (Å²) in [4.78, 5) is 13.0. The lowest BCUT2D eigenvalue weighted by Crippen LogP contribution is -2.24. The van der Waals surface area contributed by atoms with Crippen molar-refractivity contribution in [2.24, 2.45) is 7.05 Å². The van der Waals surface area contributed by atoms with E-state index in [0.29, 0.717) is 35.1 Å². The monoisotopic (exact) mass is 441 g/mol. The minimum absolute atomic E-state index is 0.155. The van der Waals surface area contributed by atoms with Gasteiger partial charge in [0.25, 0.3) is 5.91 Å². The first-order valence-corrected chi connectivity index (χ1v) is 11.5. The number of nitrogens with one attached hydrogen (secondary N) is 1. The van der Waals surface area contributed by atoms with Crippen LogP contribution in [0, 0.1) is 0 Å². The van der Waals surface area contributed by atoms with Gasteiger partial charge in [-0.05, 0) is 44.2 Å². The van der Waals surface area contributed by atoms with Gasteiger partial charge >= 0.3 is 0 Å². The molecule has 2 heterocycles. The van der Waals surface area contributed by atoms with E-state index in [4.69, 9.17) is 9.47 Å². The lowest BCUT2D eigenvalue weighted by Gasteiger charge is -2.16. The normalized spacial score (nSPS) is 14.6. The molecule has 0 atom stereocenters. The number of aromatic nitrogens is 2. The summed E-state index contributed by atoms with van der Waals surface area (Å²) < 4.78 is 37.4. The largest absolute Gasteiger partial charge is 0.487 e. The predicted octanol–water partition coefficient (Wildman–Crippen LogP) is 3.58. The van der Waals surface area contributed by atoms with Gasteiger partial charge < -0.3 is 14.8 Å². The van der Waals surface area contributed by atoms with Crippen LogP contribution in [0.2, 0.25) is 0 Å². The molecule has 1 aliphatic heterocycles. The van der Waals surface area contributed by atoms with E-state index in [2.05, 4.69) is 10.4 Å². The van der Waals surface area contributed by atoms with Gasteiger partial charge in [-0.3, -0.25) is 9.48 Å². The van der Waals surface area contributed by atoms with Gasteiger partial charge in [-0.25, -0.2) is 8.42 Å². The summed E-state index contributed by atoms with van der Waals surface area (Å²) in [5.74, 6) is 1.44. The van der Waals surface area contributed by atoms with E-state index in [9.17, 15) is 13.2 Å². The van der Waals surface area contributed by atoms with E-state index in [-0.39, 0.29) is 10.8 Å². The van der Waals surface area contributed by atoms with Gasteiger partial charge in [0, 0.05) is 43.1 Å². The Balaban J connectivity index is 1.71. The van der Waals surface area contributed by atoms with Gasteiger partial charge in [0.1, 0.15) is 22.8 Å². The van der Waals surface area contributed by atoms with E-state index in [1.165, 1.54) is 12.1 Å². The van der Waals surface area contributed by atoms with Crippen molar-refractivity contribution in [3.8, 4) is 17.2 Å². The predicted molar refractivity (Wildman–Crippen MR) is 116 cm³/mol. The first-order chi connectivity index (χ1) is 14.5. The lowest BCUT2D eigenvalue weighted by atomic mass is 9.99. The fourth-order valence-corrected chi connectivity index (χ4v) is 4.09. The Morgan fingerprint density at radius 2 is 2.00 bits per heavy atom. The highest BCUT2D eigenvalue weighted by Crippen LogP contribution is 2.43. The molecule has 0 fully saturated rings. The van der Waals surface area contributed by atoms with Gasteiger partial charge in [0.2, 0.25) is 0 Å². The standard InChI is InChI=1S/C22H23N3O5S/c1-22(2)13-17-18(29-15-6-5-7-16(12-15)31(4,27)28)10-14(11-19(17)30-22)21(26)23-20-8-9-25(3)24-20/h5-12H,13H2,1-4H3,(H,23,24,26). The molecule has 1 amide bonds. The van der Waals surface area contributed by atoms with E-state index >= 15 is 0 Å². The summed E-state index contributed by atoms with van der Waals surface area (Å²) in [5.41, 5.74) is 0.714. The second-order valence-electron chi connectivity index (χ2n) is 8.17. The third-order valence-corrected chi connectivity index (χ3v) is 5.95. The quantitative estimate of drug-likeness (QED) is 0.650. The highest BCUT2D eigenvalue weighted by atomic mass is 32.2. The number of rotatable bonds is 5. The molecule has 31 heavy (non-hydrogen) atoms. The van der Waals surface area contributed by atoms with Crippen molar-refractivity contribution in [1.29, 1.82) is 0 Å². The highest BCUT2D eigenvalue weighted by Gasteiger charge is 2.34. The second kappa shape index (κ2) is 7.42. The number of ether oxygens (including phenoxy) is 2. The molecule has 0 aliphatic carbocycles. The molecular formula is C22H23N3O5S. The maximum Gasteiger partial charge on any atom is 0.257 e. The van der Waals surface area contributed by atoms with Crippen LogP contribution in [-0.2, 0) is 23.3 Å². The minimum atomic E-state index is -3.38. The SMILES string of the molecule is Cn1ccc(NC(=O)c2cc(Oc3cccc(S(C)(=O)=O)c3)c3c(c2)OC(C)(C)C3)n1. The van der Waals surface area contributed by atoms with Crippen molar-refractivity contribution < 1.29 is 22.7 Å². The fourth-order valence-electron chi connectivity index (χ4n) is 3.43. The number of sulfone groups is 1. The Labute approximate surface area is 180 Å². The van der Waals surface area contributed by atoms with Crippen LogP contribution in [0.3, 0.4) is 0 Å². The maximum absolute atomic E-state index is 12.8. The molecule has 0 spiro atoms. The topological polar surface area (TPSA) is 99.5 Å². The third-order valence-electron chi connectivity index (χ3n) is 4.84. The van der Waals surface area contributed by atoms with Crippen LogP contribution in [0.4, 0.5) is 5.82 Å². The molecule has 0 unspecified atom stereocenters. The summed E-state index contributed by atoms with van der Waals surface area (Å²) >= 11 is 0. The van der Waals surface area contributed by atoms with E-state index in [0.717, 1.165) is 11.8 Å². The van der Waals surface area contributed by atoms with E-state index < -0.39 is 15.4 Å². The number of amides is 1. The fraction of sp³-hybridized carbons (Fsp3) is 0.273. The molecule has 3 aromatic rings. The summed E-state index contributed by atoms with van der Waals surface area (Å²) in [5, 5.41) is 6.91. The Hall–Kier alpha value is -3.33. The number of aryl methyl sites for hydroxylation is 1. The summed E-state index contributed by atoms with van der Waals surface area (Å²) in [6, 6.07) is 11.3. The van der Waals surface area contributed by atoms with Crippen molar-refractivity contribution in [3.63, 3.8) is 0 Å². The van der Waals surface area contributed by atoms with E-state index in [1.807, 2.05) is 13.8 Å². The number of carbonyl (C=O) groups is 1. The van der Waals surface area contributed by atoms with Gasteiger partial charge in [-0.2, -0.15) is 5.10 Å². The molecule has 0 radical (unpaired) electrons. The number of hydrogen-bond donors (Lipinski definition) is 1. The van der Waals surface area contributed by atoms with Gasteiger partial charge in [0.05, 0.1) is 4.90 Å². The zero-order valence-electron chi connectivity index (χ0n) is 17.7. The molecular weight excluding hydrogens is 418 g/mol. The molecule has 2 aromatic carbocycles. The minimum Gasteiger partial charge on any atom is -0.487 e. The molecule has 0 saturated heterocycles. The molecule has 1 aliphatic rings. The Kier molecular flexibility index (Phi) is 5.01. The van der Waals surface area contributed by atoms with Crippen LogP contribution in [0.1, 0.15) is 29.8 Å². The first kappa shape index (κ1) is 20.9. The Bertz CT molecular complexity index is 1280. The maximum atomic E-state index is 12.8. The number of fused-ring (bicyclic) bond motifs is 1. The van der Waals surface area contributed by atoms with Crippen LogP contribution in [0.15, 0.2) is 53.6 Å². The van der Waals surface area contributed by atoms with Crippen LogP contribution >= 0.6 is 0 Å². The number of benzene rings is 2. The zero-order chi connectivity index (χ0) is 22.4. The van der Waals surface area contributed by atoms with Gasteiger partial charge in [-0.15, -0.1) is 0 Å². The average Bonchev–Trinajstić information content (AvgIpc) is 3.22. The van der Waals surface area contributed by atoms with Crippen molar-refractivity contribution in [2.45, 2.75) is 30.8 Å². The van der Waals surface area contributed by atoms with Crippen molar-refractivity contribution >= 4 is 21.6 Å². The average molecular weight is 442 g/mol. The molecule has 0 saturated carbocycles. The van der Waals surface area contributed by atoms with Gasteiger partial charge in [-0.1, -0.05) is 6.07 Å². The number of hydrogen-bond acceptors (Lipinski definition) is 6. The number of anilines is 1. The summed E-state index contributed by atoms with van der Waals surface area (Å²) in [6.45, 7) is 3.91. The highest BCUT2D eigenvalue weighted by molar-refractivity contribution is 7.90. The molecule has 4 rings (SSSR count). The third kappa shape index (κ3) is 4.56. The molecule has 162 valence electrons. The first-order valence-electron chi connectivity index (χ1n) is 9.65. The molecule has 1 aromatic heterocycles. The van der Waals surface area contributed by atoms with Crippen LogP contribution < -0.4 is 14.8 Å². The Morgan fingerprint density at radius 3 is 2.68 bits per heavy atom. The molecule has 0 bridgehead atoms. The number of nitrogens with zero attached hydrogens (tertiary/aromatic N) is 2. The van der Waals surface area contributed by atoms with Crippen LogP contribution in [0.25, 0.3) is 0 Å². The lowest BCUT2D eigenvalue weighted by molar-refractivity contribution is 0.102. The summed E-state index contributed by atoms with van der Waals surface area (Å²) in [6.07, 6.45) is 3.46. The van der Waals surface area contributed by atoms with Crippen molar-refractivity contribution in [2.75, 3.05) is 11.6 Å².